The summed E-state index contributed by atoms with van der Waals surface area (Å²) >= 11 is 0. The molecule has 2 aromatic carbocycles. The van der Waals surface area contributed by atoms with Crippen LogP contribution >= 0.6 is 0 Å². The molecule has 2 heterocycles. The minimum absolute atomic E-state index is 0.0744. The van der Waals surface area contributed by atoms with Gasteiger partial charge in [0.25, 0.3) is 5.56 Å². The van der Waals surface area contributed by atoms with Gasteiger partial charge < -0.3 is 14.5 Å². The third kappa shape index (κ3) is 4.59. The second-order valence-corrected chi connectivity index (χ2v) is 7.17. The number of benzene rings is 2. The van der Waals surface area contributed by atoms with Crippen LogP contribution in [0, 0.1) is 6.92 Å². The van der Waals surface area contributed by atoms with Gasteiger partial charge in [0.1, 0.15) is 5.75 Å². The number of aromatic amines is 1. The van der Waals surface area contributed by atoms with E-state index in [-0.39, 0.29) is 5.56 Å². The van der Waals surface area contributed by atoms with Crippen LogP contribution in [0.3, 0.4) is 0 Å². The lowest BCUT2D eigenvalue weighted by Gasteiger charge is -2.36. The third-order valence-electron chi connectivity index (χ3n) is 5.27. The number of piperazine rings is 1. The molecule has 4 rings (SSSR count). The summed E-state index contributed by atoms with van der Waals surface area (Å²) < 4.78 is 5.72. The van der Waals surface area contributed by atoms with Crippen molar-refractivity contribution in [3.63, 3.8) is 0 Å². The Morgan fingerprint density at radius 2 is 1.55 bits per heavy atom. The highest BCUT2D eigenvalue weighted by Crippen LogP contribution is 2.18. The Morgan fingerprint density at radius 3 is 2.21 bits per heavy atom. The van der Waals surface area contributed by atoms with Gasteiger partial charge in [-0.05, 0) is 31.2 Å². The highest BCUT2D eigenvalue weighted by atomic mass is 16.5. The molecule has 6 heteroatoms. The lowest BCUT2D eigenvalue weighted by molar-refractivity contribution is 0.321. The number of aryl methyl sites for hydroxylation is 1. The molecule has 0 unspecified atom stereocenters. The van der Waals surface area contributed by atoms with Crippen molar-refractivity contribution in [2.75, 3.05) is 42.6 Å². The van der Waals surface area contributed by atoms with Crippen LogP contribution in [0.15, 0.2) is 65.5 Å². The van der Waals surface area contributed by atoms with Gasteiger partial charge in [-0.3, -0.25) is 9.78 Å². The first-order valence-electron chi connectivity index (χ1n) is 10.0. The Morgan fingerprint density at radius 1 is 0.931 bits per heavy atom. The van der Waals surface area contributed by atoms with E-state index in [1.165, 1.54) is 5.69 Å². The van der Waals surface area contributed by atoms with Gasteiger partial charge >= 0.3 is 0 Å². The molecule has 0 bridgehead atoms. The van der Waals surface area contributed by atoms with Gasteiger partial charge in [-0.15, -0.1) is 0 Å². The molecule has 1 aliphatic rings. The highest BCUT2D eigenvalue weighted by Gasteiger charge is 2.20. The molecular weight excluding hydrogens is 364 g/mol. The zero-order valence-corrected chi connectivity index (χ0v) is 16.7. The van der Waals surface area contributed by atoms with Crippen LogP contribution in [0.5, 0.6) is 5.75 Å². The summed E-state index contributed by atoms with van der Waals surface area (Å²) in [5.41, 5.74) is 2.62. The second kappa shape index (κ2) is 8.82. The molecule has 150 valence electrons. The Bertz CT molecular complexity index is 981. The number of aromatic nitrogens is 2. The Balaban J connectivity index is 1.38. The molecule has 3 aromatic rings. The number of nitrogens with zero attached hydrogens (tertiary/aromatic N) is 3. The van der Waals surface area contributed by atoms with Gasteiger partial charge in [-0.1, -0.05) is 36.4 Å². The van der Waals surface area contributed by atoms with Gasteiger partial charge in [-0.2, -0.15) is 0 Å². The van der Waals surface area contributed by atoms with Gasteiger partial charge in [0.2, 0.25) is 5.95 Å². The summed E-state index contributed by atoms with van der Waals surface area (Å²) in [6.45, 7) is 5.81. The summed E-state index contributed by atoms with van der Waals surface area (Å²) in [5, 5.41) is 0. The summed E-state index contributed by atoms with van der Waals surface area (Å²) in [6, 6.07) is 20.0. The zero-order chi connectivity index (χ0) is 20.1. The molecule has 29 heavy (non-hydrogen) atoms. The van der Waals surface area contributed by atoms with Crippen molar-refractivity contribution < 1.29 is 4.74 Å². The quantitative estimate of drug-likeness (QED) is 0.701. The molecule has 1 aliphatic heterocycles. The average Bonchev–Trinajstić information content (AvgIpc) is 2.77. The van der Waals surface area contributed by atoms with Crippen LogP contribution < -0.4 is 20.1 Å². The van der Waals surface area contributed by atoms with Gasteiger partial charge in [-0.25, -0.2) is 4.98 Å². The molecule has 1 saturated heterocycles. The van der Waals surface area contributed by atoms with E-state index in [0.717, 1.165) is 37.6 Å². The number of ether oxygens (including phenoxy) is 1. The lowest BCUT2D eigenvalue weighted by atomic mass is 10.2. The fraction of sp³-hybridized carbons (Fsp3) is 0.304. The molecule has 1 N–H and O–H groups in total. The molecule has 0 amide bonds. The predicted octanol–water partition coefficient (Wildman–Crippen LogP) is 3.03. The van der Waals surface area contributed by atoms with Crippen molar-refractivity contribution >= 4 is 11.6 Å². The van der Waals surface area contributed by atoms with Crippen molar-refractivity contribution in [1.29, 1.82) is 0 Å². The van der Waals surface area contributed by atoms with Crippen LogP contribution in [0.1, 0.15) is 11.3 Å². The zero-order valence-electron chi connectivity index (χ0n) is 16.7. The van der Waals surface area contributed by atoms with Crippen molar-refractivity contribution in [1.82, 2.24) is 9.97 Å². The van der Waals surface area contributed by atoms with Crippen molar-refractivity contribution in [2.45, 2.75) is 13.3 Å². The van der Waals surface area contributed by atoms with Gasteiger partial charge in [0.05, 0.1) is 12.3 Å². The molecule has 0 saturated carbocycles. The third-order valence-corrected chi connectivity index (χ3v) is 5.27. The van der Waals surface area contributed by atoms with Gasteiger partial charge in [0, 0.05) is 43.9 Å². The number of hydrogen-bond acceptors (Lipinski definition) is 5. The number of hydrogen-bond donors (Lipinski definition) is 1. The monoisotopic (exact) mass is 390 g/mol. The maximum absolute atomic E-state index is 12.6. The number of nitrogens with one attached hydrogen (secondary N) is 1. The SMILES string of the molecule is Cc1nc(N2CCN(c3ccccc3)CC2)[nH]c(=O)c1CCOc1ccccc1. The molecule has 0 aliphatic carbocycles. The lowest BCUT2D eigenvalue weighted by Crippen LogP contribution is -2.47. The fourth-order valence-corrected chi connectivity index (χ4v) is 3.64. The summed E-state index contributed by atoms with van der Waals surface area (Å²) in [7, 11) is 0. The van der Waals surface area contributed by atoms with Crippen molar-refractivity contribution in [2.24, 2.45) is 0 Å². The smallest absolute Gasteiger partial charge is 0.255 e. The molecule has 1 fully saturated rings. The molecule has 0 radical (unpaired) electrons. The maximum atomic E-state index is 12.6. The van der Waals surface area contributed by atoms with E-state index in [4.69, 9.17) is 4.74 Å². The van der Waals surface area contributed by atoms with Crippen LogP contribution in [-0.2, 0) is 6.42 Å². The molecular formula is C23H26N4O2. The topological polar surface area (TPSA) is 61.5 Å². The van der Waals surface area contributed by atoms with Crippen molar-refractivity contribution in [3.8, 4) is 5.75 Å². The normalized spacial score (nSPS) is 14.1. The van der Waals surface area contributed by atoms with E-state index >= 15 is 0 Å². The van der Waals surface area contributed by atoms with E-state index in [9.17, 15) is 4.79 Å². The van der Waals surface area contributed by atoms with E-state index in [0.29, 0.717) is 24.5 Å². The number of rotatable bonds is 6. The van der Waals surface area contributed by atoms with Crippen LogP contribution in [0.4, 0.5) is 11.6 Å². The Hall–Kier alpha value is -3.28. The largest absolute Gasteiger partial charge is 0.493 e. The molecule has 6 nitrogen and oxygen atoms in total. The predicted molar refractivity (Wildman–Crippen MR) is 116 cm³/mol. The summed E-state index contributed by atoms with van der Waals surface area (Å²) in [5.74, 6) is 1.47. The highest BCUT2D eigenvalue weighted by molar-refractivity contribution is 5.48. The fourth-order valence-electron chi connectivity index (χ4n) is 3.64. The number of anilines is 2. The maximum Gasteiger partial charge on any atom is 0.255 e. The first-order chi connectivity index (χ1) is 14.2. The van der Waals surface area contributed by atoms with E-state index in [1.807, 2.05) is 43.3 Å². The molecule has 0 atom stereocenters. The van der Waals surface area contributed by atoms with Crippen LogP contribution in [0.2, 0.25) is 0 Å². The molecule has 1 aromatic heterocycles. The first-order valence-corrected chi connectivity index (χ1v) is 10.0. The second-order valence-electron chi connectivity index (χ2n) is 7.17. The van der Waals surface area contributed by atoms with E-state index < -0.39 is 0 Å². The Kier molecular flexibility index (Phi) is 5.79. The minimum atomic E-state index is -0.0744. The summed E-state index contributed by atoms with van der Waals surface area (Å²) in [6.07, 6.45) is 0.533. The first kappa shape index (κ1) is 19.1. The van der Waals surface area contributed by atoms with Crippen LogP contribution in [-0.4, -0.2) is 42.8 Å². The Labute approximate surface area is 170 Å². The van der Waals surface area contributed by atoms with Gasteiger partial charge in [0.15, 0.2) is 0 Å². The summed E-state index contributed by atoms with van der Waals surface area (Å²) in [4.78, 5) is 24.8. The van der Waals surface area contributed by atoms with Crippen LogP contribution in [0.25, 0.3) is 0 Å². The average molecular weight is 390 g/mol. The molecule has 0 spiro atoms. The van der Waals surface area contributed by atoms with E-state index in [2.05, 4.69) is 44.0 Å². The standard InChI is InChI=1S/C23H26N4O2/c1-18-21(12-17-29-20-10-6-3-7-11-20)22(28)25-23(24-18)27-15-13-26(14-16-27)19-8-4-2-5-9-19/h2-11H,12-17H2,1H3,(H,24,25,28). The minimum Gasteiger partial charge on any atom is -0.493 e. The number of para-hydroxylation sites is 2. The van der Waals surface area contributed by atoms with Crippen molar-refractivity contribution in [3.05, 3.63) is 82.3 Å². The van der Waals surface area contributed by atoms with E-state index in [1.54, 1.807) is 0 Å². The number of H-pyrrole nitrogens is 1.